The lowest BCUT2D eigenvalue weighted by Gasteiger charge is -2.30. The van der Waals surface area contributed by atoms with Crippen molar-refractivity contribution in [1.82, 2.24) is 0 Å². The summed E-state index contributed by atoms with van der Waals surface area (Å²) in [7, 11) is 0. The van der Waals surface area contributed by atoms with Crippen molar-refractivity contribution in [1.29, 1.82) is 0 Å². The van der Waals surface area contributed by atoms with Crippen molar-refractivity contribution in [2.45, 2.75) is 5.41 Å². The van der Waals surface area contributed by atoms with Crippen LogP contribution in [-0.2, 0) is 5.41 Å². The zero-order valence-electron chi connectivity index (χ0n) is 27.5. The Hall–Kier alpha value is -6.62. The van der Waals surface area contributed by atoms with Crippen LogP contribution in [0.4, 0.5) is 17.1 Å². The maximum absolute atomic E-state index is 3.90. The van der Waals surface area contributed by atoms with E-state index in [0.29, 0.717) is 0 Å². The van der Waals surface area contributed by atoms with Crippen molar-refractivity contribution in [3.05, 3.63) is 222 Å². The molecule has 0 heterocycles. The molecule has 234 valence electrons. The van der Waals surface area contributed by atoms with E-state index < -0.39 is 5.41 Å². The molecule has 0 fully saturated rings. The summed E-state index contributed by atoms with van der Waals surface area (Å²) < 4.78 is 0. The summed E-state index contributed by atoms with van der Waals surface area (Å²) in [6, 6.07) is 71.5. The molecule has 0 saturated carbocycles. The van der Waals surface area contributed by atoms with Crippen LogP contribution in [0.5, 0.6) is 0 Å². The first-order valence-corrected chi connectivity index (χ1v) is 17.1. The summed E-state index contributed by atoms with van der Waals surface area (Å²) in [4.78, 5) is 2.33. The average Bonchev–Trinajstić information content (AvgIpc) is 3.48. The normalized spacial score (nSPS) is 14.3. The van der Waals surface area contributed by atoms with Crippen LogP contribution < -0.4 is 4.90 Å². The molecule has 0 saturated heterocycles. The molecule has 1 heteroatoms. The molecule has 0 aromatic heterocycles. The molecule has 1 atom stereocenters. The first-order valence-electron chi connectivity index (χ1n) is 17.1. The highest BCUT2D eigenvalue weighted by atomic mass is 15.1. The molecule has 0 spiro atoms. The van der Waals surface area contributed by atoms with Crippen LogP contribution in [-0.4, -0.2) is 0 Å². The van der Waals surface area contributed by atoms with Gasteiger partial charge >= 0.3 is 0 Å². The van der Waals surface area contributed by atoms with Crippen molar-refractivity contribution in [2.75, 3.05) is 4.90 Å². The highest BCUT2D eigenvalue weighted by Crippen LogP contribution is 2.54. The molecule has 1 aliphatic carbocycles. The Morgan fingerprint density at radius 2 is 0.960 bits per heavy atom. The van der Waals surface area contributed by atoms with Gasteiger partial charge in [-0.1, -0.05) is 157 Å². The predicted molar refractivity (Wildman–Crippen MR) is 209 cm³/mol. The number of rotatable bonds is 5. The van der Waals surface area contributed by atoms with Gasteiger partial charge in [0.05, 0.1) is 0 Å². The van der Waals surface area contributed by atoms with Gasteiger partial charge in [-0.2, -0.15) is 0 Å². The number of fused-ring (bicyclic) bond motifs is 4. The zero-order valence-corrected chi connectivity index (χ0v) is 27.5. The van der Waals surface area contributed by atoms with Crippen molar-refractivity contribution < 1.29 is 0 Å². The van der Waals surface area contributed by atoms with E-state index >= 15 is 0 Å². The lowest BCUT2D eigenvalue weighted by molar-refractivity contribution is 0.837. The summed E-state index contributed by atoms with van der Waals surface area (Å²) in [5, 5.41) is 2.50. The Morgan fingerprint density at radius 3 is 1.68 bits per heavy atom. The first-order chi connectivity index (χ1) is 24.8. The van der Waals surface area contributed by atoms with E-state index in [1.807, 2.05) is 0 Å². The summed E-state index contributed by atoms with van der Waals surface area (Å²) in [5.41, 5.74) is 12.0. The fourth-order valence-corrected chi connectivity index (χ4v) is 7.49. The van der Waals surface area contributed by atoms with E-state index in [1.54, 1.807) is 0 Å². The lowest BCUT2D eigenvalue weighted by atomic mass is 9.72. The number of hydrogen-bond acceptors (Lipinski definition) is 1. The highest BCUT2D eigenvalue weighted by Gasteiger charge is 2.44. The van der Waals surface area contributed by atoms with Crippen molar-refractivity contribution >= 4 is 27.8 Å². The molecule has 0 amide bonds. The maximum Gasteiger partial charge on any atom is 0.108 e. The molecular weight excluding hydrogens is 603 g/mol. The van der Waals surface area contributed by atoms with Crippen LogP contribution in [0, 0.1) is 11.8 Å². The Morgan fingerprint density at radius 1 is 0.380 bits per heavy atom. The van der Waals surface area contributed by atoms with Gasteiger partial charge in [0.2, 0.25) is 0 Å². The van der Waals surface area contributed by atoms with Crippen molar-refractivity contribution in [3.8, 4) is 34.1 Å². The van der Waals surface area contributed by atoms with E-state index in [4.69, 9.17) is 0 Å². The van der Waals surface area contributed by atoms with Crippen molar-refractivity contribution in [2.24, 2.45) is 0 Å². The first kappa shape index (κ1) is 29.5. The molecule has 8 aromatic carbocycles. The second kappa shape index (κ2) is 12.4. The smallest absolute Gasteiger partial charge is 0.108 e. The largest absolute Gasteiger partial charge is 0.310 e. The van der Waals surface area contributed by atoms with Gasteiger partial charge in [-0.3, -0.25) is 0 Å². The number of para-hydroxylation sites is 2. The molecule has 1 nitrogen and oxygen atoms in total. The maximum atomic E-state index is 3.90. The second-order valence-electron chi connectivity index (χ2n) is 12.8. The number of nitrogens with zero attached hydrogens (tertiary/aromatic N) is 1. The average molecular weight is 636 g/mol. The van der Waals surface area contributed by atoms with Gasteiger partial charge in [-0.15, -0.1) is 0 Å². The predicted octanol–water partition coefficient (Wildman–Crippen LogP) is 12.3. The van der Waals surface area contributed by atoms with E-state index in [0.717, 1.165) is 28.2 Å². The van der Waals surface area contributed by atoms with Gasteiger partial charge in [-0.05, 0) is 104 Å². The fourth-order valence-electron chi connectivity index (χ4n) is 7.49. The molecule has 0 bridgehead atoms. The molecule has 50 heavy (non-hydrogen) atoms. The van der Waals surface area contributed by atoms with Gasteiger partial charge in [0.1, 0.15) is 5.41 Å². The van der Waals surface area contributed by atoms with Gasteiger partial charge in [0.15, 0.2) is 0 Å². The SMILES string of the molecule is C(#CC1(c2ccccc2)c2ccccc2-c2ccc(N(c3ccccc3)c3ccccc3)cc21)c1ccc(-c2ccc3ccccc3c2)cc1. The second-order valence-corrected chi connectivity index (χ2v) is 12.8. The number of anilines is 3. The molecule has 1 aliphatic rings. The summed E-state index contributed by atoms with van der Waals surface area (Å²) in [5.74, 6) is 7.57. The quantitative estimate of drug-likeness (QED) is 0.170. The topological polar surface area (TPSA) is 3.24 Å². The van der Waals surface area contributed by atoms with Gasteiger partial charge in [-0.25, -0.2) is 0 Å². The molecule has 0 aliphatic heterocycles. The monoisotopic (exact) mass is 635 g/mol. The number of benzene rings is 8. The third-order valence-corrected chi connectivity index (χ3v) is 9.88. The summed E-state index contributed by atoms with van der Waals surface area (Å²) in [6.45, 7) is 0. The third-order valence-electron chi connectivity index (χ3n) is 9.88. The van der Waals surface area contributed by atoms with Crippen LogP contribution in [0.1, 0.15) is 22.3 Å². The zero-order chi connectivity index (χ0) is 33.3. The number of hydrogen-bond donors (Lipinski definition) is 0. The van der Waals surface area contributed by atoms with Crippen LogP contribution in [0.25, 0.3) is 33.0 Å². The van der Waals surface area contributed by atoms with E-state index in [-0.39, 0.29) is 0 Å². The summed E-state index contributed by atoms with van der Waals surface area (Å²) in [6.07, 6.45) is 0. The van der Waals surface area contributed by atoms with Gasteiger partial charge in [0.25, 0.3) is 0 Å². The molecule has 0 radical (unpaired) electrons. The molecule has 0 N–H and O–H groups in total. The minimum Gasteiger partial charge on any atom is -0.310 e. The van der Waals surface area contributed by atoms with Crippen LogP contribution in [0.3, 0.4) is 0 Å². The summed E-state index contributed by atoms with van der Waals surface area (Å²) >= 11 is 0. The minimum absolute atomic E-state index is 0.667. The Labute approximate surface area is 293 Å². The Bertz CT molecular complexity index is 2480. The van der Waals surface area contributed by atoms with E-state index in [1.165, 1.54) is 44.2 Å². The Kier molecular flexibility index (Phi) is 7.34. The molecular formula is C49H33N. The third kappa shape index (κ3) is 5.07. The van der Waals surface area contributed by atoms with E-state index in [2.05, 4.69) is 217 Å². The highest BCUT2D eigenvalue weighted by molar-refractivity contribution is 5.90. The van der Waals surface area contributed by atoms with Crippen molar-refractivity contribution in [3.63, 3.8) is 0 Å². The standard InChI is InChI=1S/C49H33N/c1-4-16-41(17-5-1)49(33-32-36-24-26-38(27-25-36)40-29-28-37-14-10-11-15-39(37)34-40)47-23-13-12-22-45(47)46-31-30-44(35-48(46)49)50(42-18-6-2-7-19-42)43-20-8-3-9-21-43/h1-31,34-35H. The van der Waals surface area contributed by atoms with Crippen LogP contribution in [0.2, 0.25) is 0 Å². The molecule has 1 unspecified atom stereocenters. The fraction of sp³-hybridized carbons (Fsp3) is 0.0204. The lowest BCUT2D eigenvalue weighted by Crippen LogP contribution is -2.25. The molecule has 9 rings (SSSR count). The van der Waals surface area contributed by atoms with E-state index in [9.17, 15) is 0 Å². The minimum atomic E-state index is -0.667. The molecule has 8 aromatic rings. The van der Waals surface area contributed by atoms with Crippen LogP contribution >= 0.6 is 0 Å². The Balaban J connectivity index is 1.21. The van der Waals surface area contributed by atoms with Gasteiger partial charge < -0.3 is 4.90 Å². The van der Waals surface area contributed by atoms with Crippen LogP contribution in [0.15, 0.2) is 200 Å². The van der Waals surface area contributed by atoms with Gasteiger partial charge in [0, 0.05) is 22.6 Å².